The van der Waals surface area contributed by atoms with E-state index < -0.39 is 0 Å². The van der Waals surface area contributed by atoms with E-state index in [-0.39, 0.29) is 12.5 Å². The average molecular weight is 305 g/mol. The molecule has 0 unspecified atom stereocenters. The minimum atomic E-state index is -0.117. The molecule has 0 saturated heterocycles. The van der Waals surface area contributed by atoms with E-state index in [1.54, 1.807) is 29.5 Å². The molecule has 0 aliphatic heterocycles. The summed E-state index contributed by atoms with van der Waals surface area (Å²) in [5.74, 6) is 0.619. The van der Waals surface area contributed by atoms with Gasteiger partial charge in [-0.1, -0.05) is 6.07 Å². The van der Waals surface area contributed by atoms with Gasteiger partial charge in [0.15, 0.2) is 0 Å². The van der Waals surface area contributed by atoms with Gasteiger partial charge in [0, 0.05) is 22.5 Å². The molecule has 0 bridgehead atoms. The van der Waals surface area contributed by atoms with E-state index in [1.807, 2.05) is 24.4 Å². The predicted octanol–water partition coefficient (Wildman–Crippen LogP) is 3.21. The van der Waals surface area contributed by atoms with Crippen molar-refractivity contribution in [2.24, 2.45) is 0 Å². The van der Waals surface area contributed by atoms with Gasteiger partial charge in [0.05, 0.1) is 13.2 Å². The number of anilines is 1. The van der Waals surface area contributed by atoms with E-state index in [0.29, 0.717) is 30.0 Å². The van der Waals surface area contributed by atoms with Crippen LogP contribution in [-0.2, 0) is 17.8 Å². The molecule has 0 spiro atoms. The number of aliphatic hydroxyl groups excluding tert-OH is 1. The number of thiophene rings is 1. The highest BCUT2D eigenvalue weighted by Crippen LogP contribution is 2.23. The van der Waals surface area contributed by atoms with E-state index in [2.05, 4.69) is 5.32 Å². The second kappa shape index (κ2) is 7.81. The molecule has 1 aromatic carbocycles. The van der Waals surface area contributed by atoms with Gasteiger partial charge in [-0.3, -0.25) is 4.79 Å². The first-order valence-electron chi connectivity index (χ1n) is 6.91. The molecule has 0 atom stereocenters. The van der Waals surface area contributed by atoms with Crippen LogP contribution in [0.15, 0.2) is 35.7 Å². The highest BCUT2D eigenvalue weighted by atomic mass is 32.1. The maximum Gasteiger partial charge on any atom is 0.224 e. The van der Waals surface area contributed by atoms with Gasteiger partial charge < -0.3 is 15.2 Å². The van der Waals surface area contributed by atoms with E-state index >= 15 is 0 Å². The lowest BCUT2D eigenvalue weighted by atomic mass is 10.1. The normalized spacial score (nSPS) is 10.4. The lowest BCUT2D eigenvalue weighted by Gasteiger charge is -2.11. The average Bonchev–Trinajstić information content (AvgIpc) is 3.00. The topological polar surface area (TPSA) is 58.6 Å². The van der Waals surface area contributed by atoms with Crippen molar-refractivity contribution in [2.45, 2.75) is 26.4 Å². The molecular weight excluding hydrogens is 286 g/mol. The summed E-state index contributed by atoms with van der Waals surface area (Å²) in [5, 5.41) is 14.2. The zero-order valence-electron chi connectivity index (χ0n) is 12.0. The molecule has 0 saturated carbocycles. The number of benzene rings is 1. The number of aryl methyl sites for hydroxylation is 1. The molecule has 2 rings (SSSR count). The predicted molar refractivity (Wildman–Crippen MR) is 84.8 cm³/mol. The number of nitrogens with one attached hydrogen (secondary N) is 1. The number of carbonyl (C=O) groups is 1. The lowest BCUT2D eigenvalue weighted by Crippen LogP contribution is -2.12. The van der Waals surface area contributed by atoms with Crippen molar-refractivity contribution in [2.75, 3.05) is 11.9 Å². The second-order valence-electron chi connectivity index (χ2n) is 4.54. The summed E-state index contributed by atoms with van der Waals surface area (Å²) >= 11 is 1.66. The number of amides is 1. The van der Waals surface area contributed by atoms with Gasteiger partial charge in [0.1, 0.15) is 5.75 Å². The Morgan fingerprint density at radius 3 is 2.90 bits per heavy atom. The van der Waals surface area contributed by atoms with Gasteiger partial charge in [0.25, 0.3) is 0 Å². The van der Waals surface area contributed by atoms with Crippen molar-refractivity contribution < 1.29 is 14.6 Å². The summed E-state index contributed by atoms with van der Waals surface area (Å²) in [6, 6.07) is 9.31. The fourth-order valence-electron chi connectivity index (χ4n) is 1.99. The van der Waals surface area contributed by atoms with Crippen LogP contribution in [-0.4, -0.2) is 17.6 Å². The van der Waals surface area contributed by atoms with E-state index in [9.17, 15) is 9.90 Å². The van der Waals surface area contributed by atoms with Crippen LogP contribution in [0.2, 0.25) is 0 Å². The molecular formula is C16H19NO3S. The van der Waals surface area contributed by atoms with Crippen LogP contribution in [0.1, 0.15) is 23.8 Å². The van der Waals surface area contributed by atoms with Crippen molar-refractivity contribution in [3.05, 3.63) is 46.2 Å². The van der Waals surface area contributed by atoms with Gasteiger partial charge in [-0.25, -0.2) is 0 Å². The molecule has 4 nitrogen and oxygen atoms in total. The van der Waals surface area contributed by atoms with Gasteiger partial charge in [0.2, 0.25) is 5.91 Å². The fourth-order valence-corrected chi connectivity index (χ4v) is 2.70. The highest BCUT2D eigenvalue weighted by Gasteiger charge is 2.07. The number of carbonyl (C=O) groups excluding carboxylic acids is 1. The molecule has 0 fully saturated rings. The monoisotopic (exact) mass is 305 g/mol. The molecule has 2 N–H and O–H groups in total. The van der Waals surface area contributed by atoms with Gasteiger partial charge in [-0.05, 0) is 43.0 Å². The van der Waals surface area contributed by atoms with Crippen LogP contribution in [0.4, 0.5) is 5.69 Å². The highest BCUT2D eigenvalue weighted by molar-refractivity contribution is 7.09. The Labute approximate surface area is 128 Å². The van der Waals surface area contributed by atoms with Crippen molar-refractivity contribution in [1.82, 2.24) is 0 Å². The van der Waals surface area contributed by atoms with E-state index in [1.165, 1.54) is 4.88 Å². The molecule has 0 aliphatic carbocycles. The number of aliphatic hydroxyl groups is 1. The van der Waals surface area contributed by atoms with E-state index in [4.69, 9.17) is 4.74 Å². The Kier molecular flexibility index (Phi) is 5.78. The second-order valence-corrected chi connectivity index (χ2v) is 5.57. The lowest BCUT2D eigenvalue weighted by molar-refractivity contribution is -0.116. The molecule has 2 aromatic rings. The molecule has 0 aliphatic rings. The van der Waals surface area contributed by atoms with Crippen molar-refractivity contribution >= 4 is 22.9 Å². The molecule has 1 aromatic heterocycles. The Hall–Kier alpha value is -1.85. The van der Waals surface area contributed by atoms with Gasteiger partial charge in [-0.2, -0.15) is 0 Å². The summed E-state index contributed by atoms with van der Waals surface area (Å²) in [7, 11) is 0. The molecule has 0 radical (unpaired) electrons. The Bertz CT molecular complexity index is 581. The van der Waals surface area contributed by atoms with Crippen LogP contribution >= 0.6 is 11.3 Å². The fraction of sp³-hybridized carbons (Fsp3) is 0.312. The largest absolute Gasteiger partial charge is 0.494 e. The first kappa shape index (κ1) is 15.5. The Balaban J connectivity index is 1.93. The summed E-state index contributed by atoms with van der Waals surface area (Å²) in [5.41, 5.74) is 1.35. The van der Waals surface area contributed by atoms with Crippen LogP contribution in [0.3, 0.4) is 0 Å². The van der Waals surface area contributed by atoms with Crippen molar-refractivity contribution in [3.8, 4) is 5.75 Å². The van der Waals surface area contributed by atoms with E-state index in [0.717, 1.165) is 6.42 Å². The maximum atomic E-state index is 11.9. The summed E-state index contributed by atoms with van der Waals surface area (Å²) in [6.07, 6.45) is 1.19. The molecule has 5 heteroatoms. The third-order valence-corrected chi connectivity index (χ3v) is 3.93. The number of ether oxygens (including phenoxy) is 1. The maximum absolute atomic E-state index is 11.9. The van der Waals surface area contributed by atoms with Crippen LogP contribution < -0.4 is 10.1 Å². The summed E-state index contributed by atoms with van der Waals surface area (Å²) < 4.78 is 5.41. The molecule has 1 heterocycles. The van der Waals surface area contributed by atoms with Crippen molar-refractivity contribution in [1.29, 1.82) is 0 Å². The first-order chi connectivity index (χ1) is 10.2. The number of hydrogen-bond donors (Lipinski definition) is 2. The zero-order valence-corrected chi connectivity index (χ0v) is 12.8. The van der Waals surface area contributed by atoms with Gasteiger partial charge in [-0.15, -0.1) is 11.3 Å². The first-order valence-corrected chi connectivity index (χ1v) is 7.79. The minimum Gasteiger partial charge on any atom is -0.494 e. The van der Waals surface area contributed by atoms with Crippen LogP contribution in [0.5, 0.6) is 5.75 Å². The summed E-state index contributed by atoms with van der Waals surface area (Å²) in [4.78, 5) is 13.1. The van der Waals surface area contributed by atoms with Gasteiger partial charge >= 0.3 is 0 Å². The molecule has 1 amide bonds. The number of rotatable bonds is 7. The standard InChI is InChI=1S/C16H19NO3S/c1-2-20-15-7-5-13(10-12(15)11-18)17-16(19)8-6-14-4-3-9-21-14/h3-5,7,9-10,18H,2,6,8,11H2,1H3,(H,17,19). The Morgan fingerprint density at radius 1 is 1.38 bits per heavy atom. The van der Waals surface area contributed by atoms with Crippen molar-refractivity contribution in [3.63, 3.8) is 0 Å². The molecule has 21 heavy (non-hydrogen) atoms. The SMILES string of the molecule is CCOc1ccc(NC(=O)CCc2cccs2)cc1CO. The van der Waals surface area contributed by atoms with Crippen LogP contribution in [0.25, 0.3) is 0 Å². The quantitative estimate of drug-likeness (QED) is 0.826. The zero-order chi connectivity index (χ0) is 15.1. The smallest absolute Gasteiger partial charge is 0.224 e. The third-order valence-electron chi connectivity index (χ3n) is 2.99. The van der Waals surface area contributed by atoms with Crippen LogP contribution in [0, 0.1) is 0 Å². The number of hydrogen-bond acceptors (Lipinski definition) is 4. The Morgan fingerprint density at radius 2 is 2.24 bits per heavy atom. The molecule has 112 valence electrons. The minimum absolute atomic E-state index is 0.0311. The third kappa shape index (κ3) is 4.58. The summed E-state index contributed by atoms with van der Waals surface area (Å²) in [6.45, 7) is 2.31.